The van der Waals surface area contributed by atoms with Crippen LogP contribution in [0.1, 0.15) is 71.9 Å². The second kappa shape index (κ2) is 12.0. The van der Waals surface area contributed by atoms with Crippen LogP contribution in [0.2, 0.25) is 25.7 Å². The van der Waals surface area contributed by atoms with Gasteiger partial charge in [0.2, 0.25) is 5.82 Å². The molecule has 0 atom stereocenters. The number of nitrogens with zero attached hydrogens (tertiary/aromatic N) is 3. The van der Waals surface area contributed by atoms with Crippen molar-refractivity contribution < 1.29 is 14.3 Å². The summed E-state index contributed by atoms with van der Waals surface area (Å²) in [5.74, 6) is 0.343. The number of carbonyl (C=O) groups excluding carboxylic acids is 1. The highest BCUT2D eigenvalue weighted by Crippen LogP contribution is 2.36. The normalized spacial score (nSPS) is 16.9. The zero-order valence-electron chi connectivity index (χ0n) is 21.8. The van der Waals surface area contributed by atoms with Crippen molar-refractivity contribution in [3.05, 3.63) is 53.1 Å². The van der Waals surface area contributed by atoms with E-state index < -0.39 is 8.07 Å². The molecule has 1 aliphatic carbocycles. The quantitative estimate of drug-likeness (QED) is 0.324. The van der Waals surface area contributed by atoms with Crippen LogP contribution in [0.25, 0.3) is 5.57 Å². The lowest BCUT2D eigenvalue weighted by molar-refractivity contribution is 0.0808. The summed E-state index contributed by atoms with van der Waals surface area (Å²) in [5.41, 5.74) is 4.69. The minimum atomic E-state index is -1.22. The number of rotatable bonds is 9. The van der Waals surface area contributed by atoms with Crippen molar-refractivity contribution in [2.45, 2.75) is 76.9 Å². The zero-order valence-corrected chi connectivity index (χ0v) is 22.8. The van der Waals surface area contributed by atoms with Crippen LogP contribution in [0.15, 0.2) is 30.5 Å². The van der Waals surface area contributed by atoms with Crippen molar-refractivity contribution in [3.8, 4) is 6.07 Å². The van der Waals surface area contributed by atoms with Gasteiger partial charge >= 0.3 is 0 Å². The molecule has 1 aromatic heterocycles. The Kier molecular flexibility index (Phi) is 8.78. The van der Waals surface area contributed by atoms with E-state index in [1.807, 2.05) is 12.1 Å². The van der Waals surface area contributed by atoms with Crippen LogP contribution in [0.4, 0.5) is 5.69 Å². The van der Waals surface area contributed by atoms with Gasteiger partial charge in [-0.2, -0.15) is 5.26 Å². The number of carbonyl (C=O) groups is 1. The first-order valence-corrected chi connectivity index (χ1v) is 16.8. The molecule has 0 unspecified atom stereocenters. The summed E-state index contributed by atoms with van der Waals surface area (Å²) in [6.07, 6.45) is 10.4. The lowest BCUT2D eigenvalue weighted by atomic mass is 9.86. The fourth-order valence-electron chi connectivity index (χ4n) is 4.77. The van der Waals surface area contributed by atoms with Crippen LogP contribution in [0, 0.1) is 11.3 Å². The summed E-state index contributed by atoms with van der Waals surface area (Å²) >= 11 is 0. The first-order valence-electron chi connectivity index (χ1n) is 13.1. The van der Waals surface area contributed by atoms with Crippen LogP contribution in [0.3, 0.4) is 0 Å². The Morgan fingerprint density at radius 2 is 2.08 bits per heavy atom. The molecule has 2 aliphatic rings. The Hall–Kier alpha value is -2.73. The Morgan fingerprint density at radius 1 is 1.28 bits per heavy atom. The van der Waals surface area contributed by atoms with E-state index in [2.05, 4.69) is 48.2 Å². The van der Waals surface area contributed by atoms with Gasteiger partial charge in [-0.05, 0) is 73.8 Å². The number of amides is 1. The molecule has 7 nitrogen and oxygen atoms in total. The van der Waals surface area contributed by atoms with Crippen molar-refractivity contribution in [2.24, 2.45) is 0 Å². The summed E-state index contributed by atoms with van der Waals surface area (Å²) in [6.45, 7) is 9.31. The van der Waals surface area contributed by atoms with Crippen molar-refractivity contribution in [2.75, 3.05) is 25.1 Å². The minimum Gasteiger partial charge on any atom is -0.381 e. The lowest BCUT2D eigenvalue weighted by Crippen LogP contribution is -2.23. The lowest BCUT2D eigenvalue weighted by Gasteiger charge is -2.25. The van der Waals surface area contributed by atoms with E-state index in [0.29, 0.717) is 12.5 Å². The van der Waals surface area contributed by atoms with Crippen molar-refractivity contribution in [3.63, 3.8) is 0 Å². The fraction of sp³-hybridized carbons (Fsp3) is 0.536. The molecule has 2 heterocycles. The predicted octanol–water partition coefficient (Wildman–Crippen LogP) is 6.17. The topological polar surface area (TPSA) is 89.2 Å². The number of nitriles is 1. The monoisotopic (exact) mass is 506 g/mol. The smallest absolute Gasteiger partial charge is 0.291 e. The molecule has 1 aromatic carbocycles. The van der Waals surface area contributed by atoms with Crippen LogP contribution < -0.4 is 5.32 Å². The average molecular weight is 507 g/mol. The van der Waals surface area contributed by atoms with Crippen LogP contribution in [-0.4, -0.2) is 43.4 Å². The van der Waals surface area contributed by atoms with Crippen LogP contribution in [0.5, 0.6) is 0 Å². The minimum absolute atomic E-state index is 0.191. The molecule has 0 saturated carbocycles. The molecule has 0 spiro atoms. The van der Waals surface area contributed by atoms with E-state index in [4.69, 9.17) is 9.47 Å². The molecule has 1 saturated heterocycles. The maximum Gasteiger partial charge on any atom is 0.291 e. The molecular formula is C28H38N4O3Si. The maximum atomic E-state index is 13.4. The Bertz CT molecular complexity index is 1140. The molecule has 1 N–H and O–H groups in total. The van der Waals surface area contributed by atoms with Crippen molar-refractivity contribution >= 4 is 25.2 Å². The molecule has 1 fully saturated rings. The van der Waals surface area contributed by atoms with Gasteiger partial charge in [0.15, 0.2) is 5.69 Å². The summed E-state index contributed by atoms with van der Waals surface area (Å²) < 4.78 is 13.0. The molecule has 4 rings (SSSR count). The van der Waals surface area contributed by atoms with Gasteiger partial charge in [-0.3, -0.25) is 4.79 Å². The van der Waals surface area contributed by atoms with Gasteiger partial charge in [0, 0.05) is 45.3 Å². The van der Waals surface area contributed by atoms with Gasteiger partial charge < -0.3 is 19.4 Å². The summed E-state index contributed by atoms with van der Waals surface area (Å²) in [5, 5.41) is 12.5. The molecule has 8 heteroatoms. The fourth-order valence-corrected chi connectivity index (χ4v) is 5.53. The van der Waals surface area contributed by atoms with Gasteiger partial charge in [0.25, 0.3) is 5.91 Å². The number of benzene rings is 1. The summed E-state index contributed by atoms with van der Waals surface area (Å²) in [4.78, 5) is 17.7. The molecule has 36 heavy (non-hydrogen) atoms. The molecule has 0 bridgehead atoms. The second-order valence-electron chi connectivity index (χ2n) is 11.0. The highest BCUT2D eigenvalue weighted by Gasteiger charge is 2.22. The number of allylic oxidation sites excluding steroid dienone is 2. The van der Waals surface area contributed by atoms with Gasteiger partial charge in [-0.15, -0.1) is 0 Å². The SMILES string of the molecule is C[Si](C)(C)CCOCn1cc(C#N)nc1C(=O)Nc1ccc(C2CCOCC2)cc1C1=CCCCC1. The maximum absolute atomic E-state index is 13.4. The molecule has 0 radical (unpaired) electrons. The van der Waals surface area contributed by atoms with E-state index in [0.717, 1.165) is 62.6 Å². The second-order valence-corrected chi connectivity index (χ2v) is 16.6. The summed E-state index contributed by atoms with van der Waals surface area (Å²) in [7, 11) is -1.22. The predicted molar refractivity (Wildman–Crippen MR) is 145 cm³/mol. The Balaban J connectivity index is 1.56. The number of ether oxygens (including phenoxy) is 2. The first-order chi connectivity index (χ1) is 17.3. The van der Waals surface area contributed by atoms with Crippen LogP contribution in [-0.2, 0) is 16.2 Å². The third-order valence-electron chi connectivity index (χ3n) is 6.94. The third-order valence-corrected chi connectivity index (χ3v) is 8.65. The molecule has 2 aromatic rings. The highest BCUT2D eigenvalue weighted by molar-refractivity contribution is 6.76. The first kappa shape index (κ1) is 26.3. The highest BCUT2D eigenvalue weighted by atomic mass is 28.3. The standard InChI is InChI=1S/C28H38N4O3Si/c1-36(2,3)16-15-35-20-32-19-24(18-29)30-27(32)28(33)31-26-10-9-23(21-11-13-34-14-12-21)17-25(26)22-7-5-4-6-8-22/h7,9-10,17,19,21H,4-6,8,11-16,20H2,1-3H3,(H,31,33). The number of anilines is 1. The van der Waals surface area contributed by atoms with E-state index in [-0.39, 0.29) is 24.2 Å². The number of hydrogen-bond donors (Lipinski definition) is 1. The third kappa shape index (κ3) is 6.93. The number of aromatic nitrogens is 2. The van der Waals surface area contributed by atoms with Gasteiger partial charge in [-0.1, -0.05) is 31.8 Å². The largest absolute Gasteiger partial charge is 0.381 e. The van der Waals surface area contributed by atoms with Gasteiger partial charge in [0.05, 0.1) is 0 Å². The zero-order chi connectivity index (χ0) is 25.5. The van der Waals surface area contributed by atoms with E-state index in [1.165, 1.54) is 17.6 Å². The van der Waals surface area contributed by atoms with E-state index >= 15 is 0 Å². The van der Waals surface area contributed by atoms with E-state index in [9.17, 15) is 10.1 Å². The summed E-state index contributed by atoms with van der Waals surface area (Å²) in [6, 6.07) is 9.50. The Morgan fingerprint density at radius 3 is 2.78 bits per heavy atom. The van der Waals surface area contributed by atoms with Crippen LogP contribution >= 0.6 is 0 Å². The Labute approximate surface area is 215 Å². The molecule has 1 amide bonds. The number of hydrogen-bond acceptors (Lipinski definition) is 5. The number of nitrogens with one attached hydrogen (secondary N) is 1. The molecule has 192 valence electrons. The number of imidazole rings is 1. The van der Waals surface area contributed by atoms with Gasteiger partial charge in [-0.25, -0.2) is 4.98 Å². The van der Waals surface area contributed by atoms with Crippen molar-refractivity contribution in [1.82, 2.24) is 9.55 Å². The van der Waals surface area contributed by atoms with Gasteiger partial charge in [0.1, 0.15) is 12.8 Å². The molecular weight excluding hydrogens is 468 g/mol. The molecule has 1 aliphatic heterocycles. The average Bonchev–Trinajstić information content (AvgIpc) is 3.31. The van der Waals surface area contributed by atoms with E-state index in [1.54, 1.807) is 10.8 Å². The van der Waals surface area contributed by atoms with Crippen molar-refractivity contribution in [1.29, 1.82) is 5.26 Å².